The van der Waals surface area contributed by atoms with E-state index in [2.05, 4.69) is 10.3 Å². The lowest BCUT2D eigenvalue weighted by atomic mass is 10.1. The number of aliphatic imine (C=N–C) groups is 1. The lowest BCUT2D eigenvalue weighted by molar-refractivity contribution is -0.110. The first kappa shape index (κ1) is 12.4. The first-order valence-corrected chi connectivity index (χ1v) is 6.32. The molecule has 1 aliphatic heterocycles. The van der Waals surface area contributed by atoms with Gasteiger partial charge >= 0.3 is 0 Å². The van der Waals surface area contributed by atoms with E-state index in [1.807, 2.05) is 49.4 Å². The second-order valence-electron chi connectivity index (χ2n) is 4.66. The van der Waals surface area contributed by atoms with Crippen molar-refractivity contribution in [2.75, 3.05) is 12.4 Å². The van der Waals surface area contributed by atoms with Gasteiger partial charge in [-0.1, -0.05) is 11.6 Å². The average molecular weight is 266 g/mol. The Bertz CT molecular complexity index is 703. The molecule has 0 unspecified atom stereocenters. The zero-order chi connectivity index (χ0) is 14.1. The summed E-state index contributed by atoms with van der Waals surface area (Å²) < 4.78 is 5.10. The number of benzene rings is 2. The molecule has 0 fully saturated rings. The van der Waals surface area contributed by atoms with E-state index in [9.17, 15) is 4.79 Å². The van der Waals surface area contributed by atoms with Crippen LogP contribution in [0.2, 0.25) is 0 Å². The van der Waals surface area contributed by atoms with Crippen molar-refractivity contribution in [3.63, 3.8) is 0 Å². The standard InChI is InChI=1S/C16H14N2O2/c1-10-3-8-14-13(9-10)15(16(19)18-14)17-11-4-6-12(20-2)7-5-11/h3-9H,1-2H3,(H,17,18,19). The number of nitrogens with zero attached hydrogens (tertiary/aromatic N) is 1. The summed E-state index contributed by atoms with van der Waals surface area (Å²) in [7, 11) is 1.62. The van der Waals surface area contributed by atoms with Gasteiger partial charge in [-0.05, 0) is 43.3 Å². The molecule has 1 aliphatic rings. The van der Waals surface area contributed by atoms with Crippen LogP contribution in [-0.4, -0.2) is 18.7 Å². The molecule has 20 heavy (non-hydrogen) atoms. The molecule has 1 heterocycles. The molecule has 0 bridgehead atoms. The molecular weight excluding hydrogens is 252 g/mol. The Morgan fingerprint density at radius 2 is 1.85 bits per heavy atom. The summed E-state index contributed by atoms with van der Waals surface area (Å²) in [4.78, 5) is 16.4. The zero-order valence-corrected chi connectivity index (χ0v) is 11.3. The monoisotopic (exact) mass is 266 g/mol. The molecular formula is C16H14N2O2. The van der Waals surface area contributed by atoms with Gasteiger partial charge in [-0.3, -0.25) is 4.79 Å². The van der Waals surface area contributed by atoms with Gasteiger partial charge in [0.05, 0.1) is 18.5 Å². The largest absolute Gasteiger partial charge is 0.497 e. The quantitative estimate of drug-likeness (QED) is 0.908. The number of methoxy groups -OCH3 is 1. The first-order chi connectivity index (χ1) is 9.67. The van der Waals surface area contributed by atoms with E-state index in [1.54, 1.807) is 7.11 Å². The summed E-state index contributed by atoms with van der Waals surface area (Å²) in [6.45, 7) is 1.99. The van der Waals surface area contributed by atoms with Gasteiger partial charge in [0.2, 0.25) is 0 Å². The van der Waals surface area contributed by atoms with Crippen LogP contribution >= 0.6 is 0 Å². The van der Waals surface area contributed by atoms with Crippen molar-refractivity contribution in [2.24, 2.45) is 4.99 Å². The maximum atomic E-state index is 12.0. The molecule has 1 N–H and O–H groups in total. The highest BCUT2D eigenvalue weighted by molar-refractivity contribution is 6.54. The van der Waals surface area contributed by atoms with Gasteiger partial charge in [-0.2, -0.15) is 0 Å². The Kier molecular flexibility index (Phi) is 2.99. The second-order valence-corrected chi connectivity index (χ2v) is 4.66. The van der Waals surface area contributed by atoms with Crippen molar-refractivity contribution in [3.8, 4) is 5.75 Å². The maximum absolute atomic E-state index is 12.0. The van der Waals surface area contributed by atoms with Gasteiger partial charge in [0.1, 0.15) is 11.5 Å². The number of hydrogen-bond donors (Lipinski definition) is 1. The van der Waals surface area contributed by atoms with Crippen LogP contribution in [-0.2, 0) is 4.79 Å². The van der Waals surface area contributed by atoms with E-state index in [0.29, 0.717) is 5.71 Å². The number of anilines is 1. The highest BCUT2D eigenvalue weighted by atomic mass is 16.5. The van der Waals surface area contributed by atoms with Crippen molar-refractivity contribution >= 4 is 23.0 Å². The summed E-state index contributed by atoms with van der Waals surface area (Å²) in [5.74, 6) is 0.600. The van der Waals surface area contributed by atoms with E-state index in [0.717, 1.165) is 28.3 Å². The fourth-order valence-electron chi connectivity index (χ4n) is 2.16. The van der Waals surface area contributed by atoms with E-state index in [-0.39, 0.29) is 5.91 Å². The molecule has 0 saturated carbocycles. The number of amides is 1. The van der Waals surface area contributed by atoms with Gasteiger partial charge in [-0.15, -0.1) is 0 Å². The van der Waals surface area contributed by atoms with Crippen LogP contribution in [0, 0.1) is 6.92 Å². The van der Waals surface area contributed by atoms with Crippen molar-refractivity contribution < 1.29 is 9.53 Å². The molecule has 0 radical (unpaired) electrons. The molecule has 4 heteroatoms. The summed E-state index contributed by atoms with van der Waals surface area (Å²) >= 11 is 0. The lowest BCUT2D eigenvalue weighted by Crippen LogP contribution is -2.13. The van der Waals surface area contributed by atoms with Crippen LogP contribution < -0.4 is 10.1 Å². The summed E-state index contributed by atoms with van der Waals surface area (Å²) in [5, 5.41) is 2.82. The second kappa shape index (κ2) is 4.81. The third kappa shape index (κ3) is 2.16. The Hall–Kier alpha value is -2.62. The summed E-state index contributed by atoms with van der Waals surface area (Å²) in [6, 6.07) is 13.1. The van der Waals surface area contributed by atoms with Crippen molar-refractivity contribution in [3.05, 3.63) is 53.6 Å². The number of carbonyl (C=O) groups excluding carboxylic acids is 1. The van der Waals surface area contributed by atoms with Crippen LogP contribution in [0.25, 0.3) is 0 Å². The minimum absolute atomic E-state index is 0.165. The number of fused-ring (bicyclic) bond motifs is 1. The first-order valence-electron chi connectivity index (χ1n) is 6.32. The number of rotatable bonds is 2. The molecule has 100 valence electrons. The SMILES string of the molecule is COc1ccc(N=C2C(=O)Nc3ccc(C)cc32)cc1. The summed E-state index contributed by atoms with van der Waals surface area (Å²) in [5.41, 5.74) is 3.94. The molecule has 2 aromatic carbocycles. The predicted molar refractivity (Wildman–Crippen MR) is 79.0 cm³/mol. The Balaban J connectivity index is 2.03. The van der Waals surface area contributed by atoms with Crippen LogP contribution in [0.5, 0.6) is 5.75 Å². The molecule has 4 nitrogen and oxygen atoms in total. The number of nitrogens with one attached hydrogen (secondary N) is 1. The molecule has 1 amide bonds. The topological polar surface area (TPSA) is 50.7 Å². The fourth-order valence-corrected chi connectivity index (χ4v) is 2.16. The Labute approximate surface area is 117 Å². The summed E-state index contributed by atoms with van der Waals surface area (Å²) in [6.07, 6.45) is 0. The van der Waals surface area contributed by atoms with Gasteiger partial charge < -0.3 is 10.1 Å². The Morgan fingerprint density at radius 1 is 1.10 bits per heavy atom. The smallest absolute Gasteiger partial charge is 0.275 e. The average Bonchev–Trinajstić information content (AvgIpc) is 2.76. The van der Waals surface area contributed by atoms with Crippen LogP contribution in [0.4, 0.5) is 11.4 Å². The van der Waals surface area contributed by atoms with Gasteiger partial charge in [0, 0.05) is 5.56 Å². The van der Waals surface area contributed by atoms with E-state index < -0.39 is 0 Å². The number of aryl methyl sites for hydroxylation is 1. The van der Waals surface area contributed by atoms with E-state index >= 15 is 0 Å². The number of hydrogen-bond acceptors (Lipinski definition) is 3. The van der Waals surface area contributed by atoms with E-state index in [4.69, 9.17) is 4.74 Å². The van der Waals surface area contributed by atoms with Gasteiger partial charge in [-0.25, -0.2) is 4.99 Å². The minimum atomic E-state index is -0.165. The molecule has 0 spiro atoms. The molecule has 0 atom stereocenters. The molecule has 0 aliphatic carbocycles. The lowest BCUT2D eigenvalue weighted by Gasteiger charge is -2.01. The third-order valence-electron chi connectivity index (χ3n) is 3.21. The van der Waals surface area contributed by atoms with Crippen molar-refractivity contribution in [1.29, 1.82) is 0 Å². The van der Waals surface area contributed by atoms with Crippen molar-refractivity contribution in [2.45, 2.75) is 6.92 Å². The van der Waals surface area contributed by atoms with Gasteiger partial charge in [0.25, 0.3) is 5.91 Å². The molecule has 0 saturated heterocycles. The number of ether oxygens (including phenoxy) is 1. The number of carbonyl (C=O) groups is 1. The minimum Gasteiger partial charge on any atom is -0.497 e. The van der Waals surface area contributed by atoms with Crippen LogP contribution in [0.15, 0.2) is 47.5 Å². The normalized spacial score (nSPS) is 15.1. The molecule has 3 rings (SSSR count). The zero-order valence-electron chi connectivity index (χ0n) is 11.3. The molecule has 2 aromatic rings. The van der Waals surface area contributed by atoms with E-state index in [1.165, 1.54) is 0 Å². The Morgan fingerprint density at radius 3 is 2.55 bits per heavy atom. The highest BCUT2D eigenvalue weighted by Gasteiger charge is 2.25. The molecule has 0 aromatic heterocycles. The van der Waals surface area contributed by atoms with Crippen LogP contribution in [0.1, 0.15) is 11.1 Å². The maximum Gasteiger partial charge on any atom is 0.275 e. The van der Waals surface area contributed by atoms with Crippen LogP contribution in [0.3, 0.4) is 0 Å². The fraction of sp³-hybridized carbons (Fsp3) is 0.125. The predicted octanol–water partition coefficient (Wildman–Crippen LogP) is 3.08. The highest BCUT2D eigenvalue weighted by Crippen LogP contribution is 2.27. The van der Waals surface area contributed by atoms with Gasteiger partial charge in [0.15, 0.2) is 0 Å². The van der Waals surface area contributed by atoms with Crippen molar-refractivity contribution in [1.82, 2.24) is 0 Å². The third-order valence-corrected chi connectivity index (χ3v) is 3.21.